The van der Waals surface area contributed by atoms with Crippen LogP contribution in [0.1, 0.15) is 68.2 Å². The van der Waals surface area contributed by atoms with Crippen molar-refractivity contribution in [3.63, 3.8) is 0 Å². The minimum atomic E-state index is -1.09. The van der Waals surface area contributed by atoms with Gasteiger partial charge in [-0.15, -0.1) is 0 Å². The molecule has 2 atom stereocenters. The molecule has 2 N–H and O–H groups in total. The van der Waals surface area contributed by atoms with Crippen molar-refractivity contribution in [3.05, 3.63) is 0 Å². The number of esters is 1. The van der Waals surface area contributed by atoms with Gasteiger partial charge in [-0.2, -0.15) is 0 Å². The van der Waals surface area contributed by atoms with E-state index in [1.165, 1.54) is 0 Å². The van der Waals surface area contributed by atoms with E-state index in [2.05, 4.69) is 5.32 Å². The van der Waals surface area contributed by atoms with E-state index in [4.69, 9.17) is 4.74 Å². The van der Waals surface area contributed by atoms with E-state index in [0.29, 0.717) is 6.42 Å². The molecule has 140 valence electrons. The molecule has 0 aliphatic carbocycles. The van der Waals surface area contributed by atoms with E-state index in [-0.39, 0.29) is 12.3 Å². The lowest BCUT2D eigenvalue weighted by atomic mass is 9.85. The maximum absolute atomic E-state index is 12.6. The maximum Gasteiger partial charge on any atom is 0.326 e. The number of amides is 1. The van der Waals surface area contributed by atoms with E-state index < -0.39 is 40.8 Å². The summed E-state index contributed by atoms with van der Waals surface area (Å²) in [5, 5.41) is 11.9. The summed E-state index contributed by atoms with van der Waals surface area (Å²) in [7, 11) is 0. The summed E-state index contributed by atoms with van der Waals surface area (Å²) in [5.41, 5.74) is -1.25. The van der Waals surface area contributed by atoms with Crippen LogP contribution in [-0.2, 0) is 19.1 Å². The summed E-state index contributed by atoms with van der Waals surface area (Å²) >= 11 is 0. The van der Waals surface area contributed by atoms with Crippen molar-refractivity contribution >= 4 is 17.8 Å². The molecule has 0 aliphatic rings. The molecule has 0 bridgehead atoms. The minimum Gasteiger partial charge on any atom is -0.480 e. The summed E-state index contributed by atoms with van der Waals surface area (Å²) in [6.07, 6.45) is 0.430. The predicted octanol–water partition coefficient (Wildman–Crippen LogP) is 3.00. The molecule has 1 unspecified atom stereocenters. The second-order valence-corrected chi connectivity index (χ2v) is 8.76. The van der Waals surface area contributed by atoms with Crippen molar-refractivity contribution in [3.8, 4) is 0 Å². The lowest BCUT2D eigenvalue weighted by Gasteiger charge is -2.30. The van der Waals surface area contributed by atoms with Crippen LogP contribution in [0.15, 0.2) is 0 Å². The predicted molar refractivity (Wildman–Crippen MR) is 92.4 cm³/mol. The van der Waals surface area contributed by atoms with Gasteiger partial charge in [0.15, 0.2) is 0 Å². The normalized spacial score (nSPS) is 14.9. The molecule has 0 fully saturated rings. The van der Waals surface area contributed by atoms with Crippen LogP contribution >= 0.6 is 0 Å². The highest BCUT2D eigenvalue weighted by atomic mass is 16.6. The van der Waals surface area contributed by atoms with Gasteiger partial charge >= 0.3 is 11.9 Å². The van der Waals surface area contributed by atoms with Crippen LogP contribution in [0.3, 0.4) is 0 Å². The molecule has 0 heterocycles. The molecule has 0 rings (SSSR count). The quantitative estimate of drug-likeness (QED) is 0.693. The third-order valence-electron chi connectivity index (χ3n) is 3.36. The Morgan fingerprint density at radius 1 is 1.04 bits per heavy atom. The highest BCUT2D eigenvalue weighted by molar-refractivity contribution is 5.88. The first kappa shape index (κ1) is 22.4. The average molecular weight is 343 g/mol. The molecule has 0 saturated heterocycles. The molecule has 0 spiro atoms. The number of carboxylic acid groups (broad SMARTS) is 1. The number of rotatable bonds is 7. The van der Waals surface area contributed by atoms with Crippen molar-refractivity contribution in [2.45, 2.75) is 79.9 Å². The molecule has 0 aromatic rings. The van der Waals surface area contributed by atoms with Gasteiger partial charge in [0.2, 0.25) is 5.91 Å². The Morgan fingerprint density at radius 2 is 1.54 bits per heavy atom. The molecule has 0 aliphatic heterocycles. The Labute approximate surface area is 145 Å². The third-order valence-corrected chi connectivity index (χ3v) is 3.36. The van der Waals surface area contributed by atoms with Crippen LogP contribution in [-0.4, -0.2) is 34.6 Å². The number of carbonyl (C=O) groups excluding carboxylic acids is 2. The second-order valence-electron chi connectivity index (χ2n) is 8.76. The van der Waals surface area contributed by atoms with Crippen LogP contribution in [0.2, 0.25) is 0 Å². The number of carbonyl (C=O) groups is 3. The van der Waals surface area contributed by atoms with E-state index in [1.807, 2.05) is 13.8 Å². The van der Waals surface area contributed by atoms with Gasteiger partial charge < -0.3 is 15.2 Å². The molecular weight excluding hydrogens is 310 g/mol. The fourth-order valence-electron chi connectivity index (χ4n) is 2.35. The average Bonchev–Trinajstić information content (AvgIpc) is 2.29. The number of hydrogen-bond donors (Lipinski definition) is 2. The number of nitrogens with one attached hydrogen (secondary N) is 1. The Balaban J connectivity index is 5.13. The highest BCUT2D eigenvalue weighted by Crippen LogP contribution is 2.23. The first-order chi connectivity index (χ1) is 10.6. The zero-order chi connectivity index (χ0) is 19.3. The Hall–Kier alpha value is -1.59. The largest absolute Gasteiger partial charge is 0.480 e. The molecular formula is C18H33NO5. The summed E-state index contributed by atoms with van der Waals surface area (Å²) < 4.78 is 5.28. The van der Waals surface area contributed by atoms with Crippen molar-refractivity contribution in [1.82, 2.24) is 5.32 Å². The molecule has 6 nitrogen and oxygen atoms in total. The van der Waals surface area contributed by atoms with E-state index >= 15 is 0 Å². The zero-order valence-corrected chi connectivity index (χ0v) is 16.2. The molecule has 24 heavy (non-hydrogen) atoms. The highest BCUT2D eigenvalue weighted by Gasteiger charge is 2.35. The van der Waals surface area contributed by atoms with Gasteiger partial charge in [0.25, 0.3) is 0 Å². The van der Waals surface area contributed by atoms with E-state index in [9.17, 15) is 19.5 Å². The topological polar surface area (TPSA) is 92.7 Å². The van der Waals surface area contributed by atoms with Crippen LogP contribution in [0.5, 0.6) is 0 Å². The summed E-state index contributed by atoms with van der Waals surface area (Å²) in [6, 6.07) is -1.02. The monoisotopic (exact) mass is 343 g/mol. The van der Waals surface area contributed by atoms with E-state index in [0.717, 1.165) is 0 Å². The van der Waals surface area contributed by atoms with Crippen LogP contribution in [0.25, 0.3) is 0 Å². The maximum atomic E-state index is 12.6. The van der Waals surface area contributed by atoms with Crippen molar-refractivity contribution < 1.29 is 24.2 Å². The Bertz CT molecular complexity index is 457. The number of carboxylic acids is 1. The van der Waals surface area contributed by atoms with Gasteiger partial charge in [-0.25, -0.2) is 4.79 Å². The smallest absolute Gasteiger partial charge is 0.326 e. The SMILES string of the molecule is CC(C)CC(CC(=O)OC(C)(C)C)C(=O)N[C@H](C(=O)O)C(C)(C)C. The summed E-state index contributed by atoms with van der Waals surface area (Å²) in [6.45, 7) is 14.4. The Morgan fingerprint density at radius 3 is 1.88 bits per heavy atom. The lowest BCUT2D eigenvalue weighted by Crippen LogP contribution is -2.51. The second kappa shape index (κ2) is 8.49. The summed E-state index contributed by atoms with van der Waals surface area (Å²) in [5.74, 6) is -2.37. The first-order valence-corrected chi connectivity index (χ1v) is 8.38. The fourth-order valence-corrected chi connectivity index (χ4v) is 2.35. The number of hydrogen-bond acceptors (Lipinski definition) is 4. The molecule has 0 aromatic carbocycles. The molecule has 0 radical (unpaired) electrons. The zero-order valence-electron chi connectivity index (χ0n) is 16.2. The van der Waals surface area contributed by atoms with Gasteiger partial charge in [-0.3, -0.25) is 9.59 Å². The third kappa shape index (κ3) is 8.89. The van der Waals surface area contributed by atoms with Gasteiger partial charge in [0.05, 0.1) is 6.42 Å². The molecule has 0 saturated carbocycles. The summed E-state index contributed by atoms with van der Waals surface area (Å²) in [4.78, 5) is 36.0. The van der Waals surface area contributed by atoms with Crippen molar-refractivity contribution in [2.75, 3.05) is 0 Å². The van der Waals surface area contributed by atoms with Gasteiger partial charge in [-0.1, -0.05) is 34.6 Å². The van der Waals surface area contributed by atoms with Gasteiger partial charge in [0, 0.05) is 5.92 Å². The van der Waals surface area contributed by atoms with E-state index in [1.54, 1.807) is 41.5 Å². The molecule has 0 aromatic heterocycles. The standard InChI is InChI=1S/C18H33NO5/c1-11(2)9-12(10-13(20)24-18(6,7)8)15(21)19-14(16(22)23)17(3,4)5/h11-12,14H,9-10H2,1-8H3,(H,19,21)(H,22,23)/t12?,14-/m1/s1. The van der Waals surface area contributed by atoms with Crippen molar-refractivity contribution in [1.29, 1.82) is 0 Å². The van der Waals surface area contributed by atoms with Gasteiger partial charge in [-0.05, 0) is 38.5 Å². The number of aliphatic carboxylic acids is 1. The van der Waals surface area contributed by atoms with Crippen LogP contribution in [0.4, 0.5) is 0 Å². The van der Waals surface area contributed by atoms with Gasteiger partial charge in [0.1, 0.15) is 11.6 Å². The molecule has 6 heteroatoms. The first-order valence-electron chi connectivity index (χ1n) is 8.38. The lowest BCUT2D eigenvalue weighted by molar-refractivity contribution is -0.157. The van der Waals surface area contributed by atoms with Crippen molar-refractivity contribution in [2.24, 2.45) is 17.3 Å². The minimum absolute atomic E-state index is 0.0578. The Kier molecular flexibility index (Phi) is 7.93. The molecule has 1 amide bonds. The number of ether oxygens (including phenoxy) is 1. The van der Waals surface area contributed by atoms with Crippen LogP contribution in [0, 0.1) is 17.3 Å². The van der Waals surface area contributed by atoms with Crippen LogP contribution < -0.4 is 5.32 Å². The fraction of sp³-hybridized carbons (Fsp3) is 0.833.